The van der Waals surface area contributed by atoms with E-state index in [-0.39, 0.29) is 6.04 Å². The van der Waals surface area contributed by atoms with E-state index in [9.17, 15) is 9.90 Å². The van der Waals surface area contributed by atoms with Gasteiger partial charge in [0, 0.05) is 6.04 Å². The second-order valence-corrected chi connectivity index (χ2v) is 6.16. The van der Waals surface area contributed by atoms with Crippen LogP contribution in [0.25, 0.3) is 0 Å². The second-order valence-electron chi connectivity index (χ2n) is 6.16. The number of hydrogen-bond donors (Lipinski definition) is 1. The molecule has 0 spiro atoms. The average molecular weight is 275 g/mol. The monoisotopic (exact) mass is 275 g/mol. The summed E-state index contributed by atoms with van der Waals surface area (Å²) < 4.78 is 0. The van der Waals surface area contributed by atoms with Gasteiger partial charge in [-0.2, -0.15) is 0 Å². The molecule has 1 aliphatic rings. The van der Waals surface area contributed by atoms with E-state index < -0.39 is 6.09 Å². The number of carbonyl (C=O) groups is 1. The van der Waals surface area contributed by atoms with Crippen LogP contribution < -0.4 is 4.90 Å². The SMILES string of the molecule is Cc1ccc(N(C(=O)O)C2CCCCC2)c(C(C)C)c1. The number of aryl methyl sites for hydroxylation is 1. The molecule has 2 rings (SSSR count). The Bertz CT molecular complexity index is 476. The maximum Gasteiger partial charge on any atom is 0.412 e. The van der Waals surface area contributed by atoms with Crippen molar-refractivity contribution in [2.75, 3.05) is 4.90 Å². The van der Waals surface area contributed by atoms with Gasteiger partial charge in [-0.15, -0.1) is 0 Å². The van der Waals surface area contributed by atoms with Gasteiger partial charge < -0.3 is 5.11 Å². The maximum atomic E-state index is 11.8. The fourth-order valence-electron chi connectivity index (χ4n) is 3.15. The summed E-state index contributed by atoms with van der Waals surface area (Å²) in [4.78, 5) is 13.4. The van der Waals surface area contributed by atoms with Crippen LogP contribution in [-0.4, -0.2) is 17.2 Å². The molecule has 3 nitrogen and oxygen atoms in total. The van der Waals surface area contributed by atoms with Gasteiger partial charge in [0.2, 0.25) is 0 Å². The Balaban J connectivity index is 2.40. The first kappa shape index (κ1) is 14.9. The molecule has 110 valence electrons. The molecule has 1 aromatic rings. The first-order valence-electron chi connectivity index (χ1n) is 7.63. The van der Waals surface area contributed by atoms with Crippen molar-refractivity contribution in [1.82, 2.24) is 0 Å². The van der Waals surface area contributed by atoms with Gasteiger partial charge in [-0.25, -0.2) is 4.79 Å². The molecule has 0 heterocycles. The van der Waals surface area contributed by atoms with Crippen LogP contribution in [0.2, 0.25) is 0 Å². The van der Waals surface area contributed by atoms with Crippen LogP contribution in [0.3, 0.4) is 0 Å². The average Bonchev–Trinajstić information content (AvgIpc) is 2.41. The summed E-state index contributed by atoms with van der Waals surface area (Å²) in [5.74, 6) is 0.329. The second kappa shape index (κ2) is 6.29. The number of rotatable bonds is 3. The fraction of sp³-hybridized carbons (Fsp3) is 0.588. The van der Waals surface area contributed by atoms with Gasteiger partial charge in [0.05, 0.1) is 5.69 Å². The van der Waals surface area contributed by atoms with E-state index in [2.05, 4.69) is 26.8 Å². The van der Waals surface area contributed by atoms with Crippen molar-refractivity contribution in [2.24, 2.45) is 0 Å². The summed E-state index contributed by atoms with van der Waals surface area (Å²) in [5, 5.41) is 9.68. The molecule has 1 fully saturated rings. The smallest absolute Gasteiger partial charge is 0.412 e. The summed E-state index contributed by atoms with van der Waals surface area (Å²) in [6.07, 6.45) is 4.65. The van der Waals surface area contributed by atoms with Crippen LogP contribution in [0.15, 0.2) is 18.2 Å². The number of anilines is 1. The minimum absolute atomic E-state index is 0.140. The number of benzene rings is 1. The Morgan fingerprint density at radius 2 is 1.90 bits per heavy atom. The van der Waals surface area contributed by atoms with Crippen LogP contribution in [0.4, 0.5) is 10.5 Å². The van der Waals surface area contributed by atoms with Crippen LogP contribution >= 0.6 is 0 Å². The highest BCUT2D eigenvalue weighted by Crippen LogP contribution is 2.33. The number of hydrogen-bond acceptors (Lipinski definition) is 1. The van der Waals surface area contributed by atoms with Crippen molar-refractivity contribution in [3.05, 3.63) is 29.3 Å². The fourth-order valence-corrected chi connectivity index (χ4v) is 3.15. The number of carboxylic acid groups (broad SMARTS) is 1. The standard InChI is InChI=1S/C17H25NO2/c1-12(2)15-11-13(3)9-10-16(15)18(17(19)20)14-7-5-4-6-8-14/h9-12,14H,4-8H2,1-3H3,(H,19,20). The molecular formula is C17H25NO2. The quantitative estimate of drug-likeness (QED) is 0.849. The van der Waals surface area contributed by atoms with E-state index in [1.165, 1.54) is 12.0 Å². The minimum Gasteiger partial charge on any atom is -0.465 e. The summed E-state index contributed by atoms with van der Waals surface area (Å²) in [7, 11) is 0. The van der Waals surface area contributed by atoms with Gasteiger partial charge in [0.1, 0.15) is 0 Å². The normalized spacial score (nSPS) is 16.4. The Morgan fingerprint density at radius 3 is 2.45 bits per heavy atom. The zero-order valence-electron chi connectivity index (χ0n) is 12.7. The molecule has 1 amide bonds. The molecule has 1 N–H and O–H groups in total. The van der Waals surface area contributed by atoms with Gasteiger partial charge in [-0.1, -0.05) is 50.8 Å². The van der Waals surface area contributed by atoms with Crippen molar-refractivity contribution in [3.63, 3.8) is 0 Å². The van der Waals surface area contributed by atoms with E-state index >= 15 is 0 Å². The zero-order chi connectivity index (χ0) is 14.7. The molecule has 3 heteroatoms. The maximum absolute atomic E-state index is 11.8. The van der Waals surface area contributed by atoms with Crippen LogP contribution in [-0.2, 0) is 0 Å². The largest absolute Gasteiger partial charge is 0.465 e. The lowest BCUT2D eigenvalue weighted by atomic mass is 9.92. The molecule has 20 heavy (non-hydrogen) atoms. The van der Waals surface area contributed by atoms with Crippen molar-refractivity contribution in [2.45, 2.75) is 64.8 Å². The van der Waals surface area contributed by atoms with Crippen molar-refractivity contribution < 1.29 is 9.90 Å². The Kier molecular flexibility index (Phi) is 4.69. The molecule has 0 unspecified atom stereocenters. The zero-order valence-corrected chi connectivity index (χ0v) is 12.7. The van der Waals surface area contributed by atoms with Crippen LogP contribution in [0, 0.1) is 6.92 Å². The van der Waals surface area contributed by atoms with Gasteiger partial charge >= 0.3 is 6.09 Å². The molecular weight excluding hydrogens is 250 g/mol. The van der Waals surface area contributed by atoms with Crippen molar-refractivity contribution in [1.29, 1.82) is 0 Å². The molecule has 1 aromatic carbocycles. The molecule has 0 bridgehead atoms. The lowest BCUT2D eigenvalue weighted by molar-refractivity contribution is 0.196. The third-order valence-electron chi connectivity index (χ3n) is 4.21. The van der Waals surface area contributed by atoms with Gasteiger partial charge in [-0.3, -0.25) is 4.90 Å². The summed E-state index contributed by atoms with van der Waals surface area (Å²) >= 11 is 0. The first-order valence-corrected chi connectivity index (χ1v) is 7.63. The first-order chi connectivity index (χ1) is 9.50. The molecule has 0 saturated heterocycles. The highest BCUT2D eigenvalue weighted by Gasteiger charge is 2.28. The van der Waals surface area contributed by atoms with E-state index in [1.807, 2.05) is 12.1 Å². The summed E-state index contributed by atoms with van der Waals surface area (Å²) in [5.41, 5.74) is 3.20. The van der Waals surface area contributed by atoms with E-state index in [1.54, 1.807) is 4.90 Å². The Hall–Kier alpha value is -1.51. The lowest BCUT2D eigenvalue weighted by Gasteiger charge is -2.34. The predicted molar refractivity (Wildman–Crippen MR) is 82.6 cm³/mol. The van der Waals surface area contributed by atoms with Gasteiger partial charge in [0.15, 0.2) is 0 Å². The molecule has 0 aromatic heterocycles. The van der Waals surface area contributed by atoms with E-state index in [0.717, 1.165) is 36.9 Å². The van der Waals surface area contributed by atoms with Gasteiger partial charge in [-0.05, 0) is 37.3 Å². The number of nitrogens with zero attached hydrogens (tertiary/aromatic N) is 1. The minimum atomic E-state index is -0.817. The lowest BCUT2D eigenvalue weighted by Crippen LogP contribution is -2.41. The van der Waals surface area contributed by atoms with E-state index in [4.69, 9.17) is 0 Å². The summed E-state index contributed by atoms with van der Waals surface area (Å²) in [6.45, 7) is 6.31. The van der Waals surface area contributed by atoms with E-state index in [0.29, 0.717) is 5.92 Å². The van der Waals surface area contributed by atoms with Crippen molar-refractivity contribution >= 4 is 11.8 Å². The highest BCUT2D eigenvalue weighted by molar-refractivity contribution is 5.88. The van der Waals surface area contributed by atoms with Crippen molar-refractivity contribution in [3.8, 4) is 0 Å². The Morgan fingerprint density at radius 1 is 1.25 bits per heavy atom. The molecule has 0 aliphatic heterocycles. The molecule has 0 atom stereocenters. The van der Waals surface area contributed by atoms with Gasteiger partial charge in [0.25, 0.3) is 0 Å². The Labute approximate surface area is 121 Å². The third kappa shape index (κ3) is 3.14. The van der Waals surface area contributed by atoms with Crippen LogP contribution in [0.1, 0.15) is 63.0 Å². The highest BCUT2D eigenvalue weighted by atomic mass is 16.4. The van der Waals surface area contributed by atoms with Crippen LogP contribution in [0.5, 0.6) is 0 Å². The molecule has 1 aliphatic carbocycles. The number of amides is 1. The predicted octanol–water partition coefficient (Wildman–Crippen LogP) is 4.94. The summed E-state index contributed by atoms with van der Waals surface area (Å²) in [6, 6.07) is 6.26. The topological polar surface area (TPSA) is 40.5 Å². The third-order valence-corrected chi connectivity index (χ3v) is 4.21. The molecule has 1 saturated carbocycles. The molecule has 0 radical (unpaired) electrons.